The molecule has 0 fully saturated rings. The second-order valence-electron chi connectivity index (χ2n) is 7.17. The fourth-order valence-electron chi connectivity index (χ4n) is 3.20. The maximum Gasteiger partial charge on any atom is 0.416 e. The molecule has 0 amide bonds. The summed E-state index contributed by atoms with van der Waals surface area (Å²) in [6.45, 7) is 0. The fraction of sp³-hybridized carbons (Fsp3) is 0.0370. The summed E-state index contributed by atoms with van der Waals surface area (Å²) in [5, 5.41) is 17.8. The van der Waals surface area contributed by atoms with Crippen molar-refractivity contribution in [2.75, 3.05) is 0 Å². The van der Waals surface area contributed by atoms with E-state index in [9.17, 15) is 22.8 Å². The van der Waals surface area contributed by atoms with Crippen molar-refractivity contribution in [3.8, 4) is 22.3 Å². The van der Waals surface area contributed by atoms with Crippen molar-refractivity contribution in [1.82, 2.24) is 0 Å². The Morgan fingerprint density at radius 1 is 0.559 bits per heavy atom. The summed E-state index contributed by atoms with van der Waals surface area (Å²) in [6, 6.07) is 27.3. The van der Waals surface area contributed by atoms with Crippen LogP contribution in [0.5, 0.6) is 0 Å². The van der Waals surface area contributed by atoms with Gasteiger partial charge in [0.05, 0.1) is 16.7 Å². The lowest BCUT2D eigenvalue weighted by atomic mass is 9.99. The topological polar surface area (TPSA) is 74.6 Å². The smallest absolute Gasteiger partial charge is 0.416 e. The van der Waals surface area contributed by atoms with Crippen LogP contribution in [0, 0.1) is 0 Å². The Hall–Kier alpha value is -4.39. The average Bonchev–Trinajstić information content (AvgIpc) is 2.84. The second-order valence-corrected chi connectivity index (χ2v) is 7.17. The highest BCUT2D eigenvalue weighted by Crippen LogP contribution is 2.31. The Morgan fingerprint density at radius 3 is 1.59 bits per heavy atom. The molecule has 0 heterocycles. The Labute approximate surface area is 193 Å². The first-order chi connectivity index (χ1) is 16.2. The number of benzene rings is 4. The molecule has 0 aliphatic rings. The van der Waals surface area contributed by atoms with Crippen LogP contribution < -0.4 is 0 Å². The van der Waals surface area contributed by atoms with Gasteiger partial charge in [0.25, 0.3) is 0 Å². The van der Waals surface area contributed by atoms with E-state index in [0.717, 1.165) is 23.3 Å². The molecule has 2 N–H and O–H groups in total. The Bertz CT molecular complexity index is 1260. The zero-order valence-electron chi connectivity index (χ0n) is 17.7. The van der Waals surface area contributed by atoms with Crippen LogP contribution in [0.15, 0.2) is 103 Å². The van der Waals surface area contributed by atoms with Gasteiger partial charge in [-0.25, -0.2) is 9.59 Å². The molecule has 0 aromatic heterocycles. The molecule has 0 spiro atoms. The quantitative estimate of drug-likeness (QED) is 0.337. The monoisotopic (exact) mass is 464 g/mol. The zero-order valence-corrected chi connectivity index (χ0v) is 17.7. The highest BCUT2D eigenvalue weighted by Gasteiger charge is 2.30. The Kier molecular flexibility index (Phi) is 7.48. The maximum absolute atomic E-state index is 12.4. The third kappa shape index (κ3) is 6.10. The zero-order chi connectivity index (χ0) is 24.7. The molecule has 7 heteroatoms. The summed E-state index contributed by atoms with van der Waals surface area (Å²) in [5.41, 5.74) is 2.56. The van der Waals surface area contributed by atoms with Gasteiger partial charge in [-0.3, -0.25) is 0 Å². The van der Waals surface area contributed by atoms with E-state index >= 15 is 0 Å². The summed E-state index contributed by atoms with van der Waals surface area (Å²) >= 11 is 0. The summed E-state index contributed by atoms with van der Waals surface area (Å²) in [5.74, 6) is -2.01. The van der Waals surface area contributed by atoms with E-state index in [1.807, 2.05) is 42.5 Å². The van der Waals surface area contributed by atoms with Crippen LogP contribution in [0.25, 0.3) is 22.3 Å². The van der Waals surface area contributed by atoms with E-state index in [1.165, 1.54) is 18.2 Å². The van der Waals surface area contributed by atoms with Crippen LogP contribution in [0.4, 0.5) is 13.2 Å². The van der Waals surface area contributed by atoms with Crippen LogP contribution in [0.1, 0.15) is 26.3 Å². The summed E-state index contributed by atoms with van der Waals surface area (Å²) < 4.78 is 37.3. The largest absolute Gasteiger partial charge is 0.478 e. The Balaban J connectivity index is 0.000000196. The minimum atomic E-state index is -4.40. The van der Waals surface area contributed by atoms with E-state index < -0.39 is 23.7 Å². The van der Waals surface area contributed by atoms with E-state index in [0.29, 0.717) is 16.7 Å². The molecular weight excluding hydrogens is 445 g/mol. The van der Waals surface area contributed by atoms with Crippen LogP contribution in [0.2, 0.25) is 0 Å². The lowest BCUT2D eigenvalue weighted by Gasteiger charge is -2.09. The Morgan fingerprint density at radius 2 is 1.06 bits per heavy atom. The normalized spacial score (nSPS) is 10.7. The fourth-order valence-corrected chi connectivity index (χ4v) is 3.20. The second kappa shape index (κ2) is 10.5. The lowest BCUT2D eigenvalue weighted by Crippen LogP contribution is -2.04. The molecule has 4 rings (SSSR count). The van der Waals surface area contributed by atoms with Crippen molar-refractivity contribution in [2.24, 2.45) is 0 Å². The van der Waals surface area contributed by atoms with Crippen LogP contribution in [0.3, 0.4) is 0 Å². The van der Waals surface area contributed by atoms with Crippen molar-refractivity contribution >= 4 is 11.9 Å². The SMILES string of the molecule is O=C(O)c1ccc(-c2ccccc2)cc1.O=C(O)c1ccccc1-c1ccc(C(F)(F)F)cc1. The number of halogens is 3. The first-order valence-corrected chi connectivity index (χ1v) is 10.1. The molecule has 4 nitrogen and oxygen atoms in total. The molecule has 0 saturated heterocycles. The van der Waals surface area contributed by atoms with Gasteiger partial charge in [0, 0.05) is 0 Å². The molecule has 0 aliphatic heterocycles. The van der Waals surface area contributed by atoms with Crippen molar-refractivity contribution < 1.29 is 33.0 Å². The summed E-state index contributed by atoms with van der Waals surface area (Å²) in [4.78, 5) is 21.7. The predicted molar refractivity (Wildman–Crippen MR) is 123 cm³/mol. The molecule has 0 atom stereocenters. The first kappa shape index (κ1) is 24.3. The predicted octanol–water partition coefficient (Wildman–Crippen LogP) is 7.12. The van der Waals surface area contributed by atoms with Gasteiger partial charge in [0.1, 0.15) is 0 Å². The maximum atomic E-state index is 12.4. The molecule has 0 bridgehead atoms. The molecule has 34 heavy (non-hydrogen) atoms. The van der Waals surface area contributed by atoms with Gasteiger partial charge in [-0.15, -0.1) is 0 Å². The number of carboxylic acid groups (broad SMARTS) is 2. The summed E-state index contributed by atoms with van der Waals surface area (Å²) in [7, 11) is 0. The highest BCUT2D eigenvalue weighted by molar-refractivity contribution is 5.96. The third-order valence-corrected chi connectivity index (χ3v) is 4.92. The number of hydrogen-bond donors (Lipinski definition) is 2. The third-order valence-electron chi connectivity index (χ3n) is 4.92. The van der Waals surface area contributed by atoms with E-state index in [1.54, 1.807) is 30.3 Å². The van der Waals surface area contributed by atoms with Gasteiger partial charge < -0.3 is 10.2 Å². The molecule has 172 valence electrons. The highest BCUT2D eigenvalue weighted by atomic mass is 19.4. The number of carboxylic acids is 2. The van der Waals surface area contributed by atoms with E-state index in [4.69, 9.17) is 10.2 Å². The minimum Gasteiger partial charge on any atom is -0.478 e. The molecule has 0 radical (unpaired) electrons. The molecule has 0 saturated carbocycles. The first-order valence-electron chi connectivity index (χ1n) is 10.1. The van der Waals surface area contributed by atoms with Gasteiger partial charge >= 0.3 is 18.1 Å². The van der Waals surface area contributed by atoms with Crippen molar-refractivity contribution in [3.05, 3.63) is 120 Å². The molecule has 0 unspecified atom stereocenters. The number of alkyl halides is 3. The van der Waals surface area contributed by atoms with Gasteiger partial charge in [-0.1, -0.05) is 72.8 Å². The average molecular weight is 464 g/mol. The lowest BCUT2D eigenvalue weighted by molar-refractivity contribution is -0.137. The van der Waals surface area contributed by atoms with Crippen molar-refractivity contribution in [3.63, 3.8) is 0 Å². The molecule has 4 aromatic rings. The van der Waals surface area contributed by atoms with E-state index in [2.05, 4.69) is 0 Å². The summed E-state index contributed by atoms with van der Waals surface area (Å²) in [6.07, 6.45) is -4.40. The van der Waals surface area contributed by atoms with Gasteiger partial charge in [-0.2, -0.15) is 13.2 Å². The standard InChI is InChI=1S/C14H9F3O2.C13H10O2/c15-14(16,17)10-7-5-9(6-8-10)11-3-1-2-4-12(11)13(18)19;14-13(15)12-8-6-11(7-9-12)10-4-2-1-3-5-10/h1-8H,(H,18,19);1-9H,(H,14,15). The number of rotatable bonds is 4. The van der Waals surface area contributed by atoms with Crippen molar-refractivity contribution in [1.29, 1.82) is 0 Å². The van der Waals surface area contributed by atoms with Gasteiger partial charge in [0.2, 0.25) is 0 Å². The van der Waals surface area contributed by atoms with E-state index in [-0.39, 0.29) is 5.56 Å². The van der Waals surface area contributed by atoms with Gasteiger partial charge in [0.15, 0.2) is 0 Å². The number of hydrogen-bond acceptors (Lipinski definition) is 2. The van der Waals surface area contributed by atoms with Crippen LogP contribution in [-0.2, 0) is 6.18 Å². The van der Waals surface area contributed by atoms with Gasteiger partial charge in [-0.05, 0) is 52.6 Å². The molecular formula is C27H19F3O4. The minimum absolute atomic E-state index is 0.0576. The number of carbonyl (C=O) groups is 2. The molecule has 0 aliphatic carbocycles. The molecule has 4 aromatic carbocycles. The van der Waals surface area contributed by atoms with Crippen LogP contribution >= 0.6 is 0 Å². The number of aromatic carboxylic acids is 2. The van der Waals surface area contributed by atoms with Crippen LogP contribution in [-0.4, -0.2) is 22.2 Å². The van der Waals surface area contributed by atoms with Crippen molar-refractivity contribution in [2.45, 2.75) is 6.18 Å².